The maximum Gasteiger partial charge on any atom is 0.224 e. The van der Waals surface area contributed by atoms with E-state index in [1.165, 1.54) is 0 Å². The number of hydrogen-bond donors (Lipinski definition) is 1. The quantitative estimate of drug-likeness (QED) is 0.877. The summed E-state index contributed by atoms with van der Waals surface area (Å²) in [5.41, 5.74) is 3.63. The Morgan fingerprint density at radius 2 is 1.75 bits per heavy atom. The van der Waals surface area contributed by atoms with Crippen LogP contribution in [0.25, 0.3) is 0 Å². The van der Waals surface area contributed by atoms with Crippen molar-refractivity contribution in [1.82, 2.24) is 0 Å². The van der Waals surface area contributed by atoms with Gasteiger partial charge in [-0.1, -0.05) is 36.4 Å². The van der Waals surface area contributed by atoms with Gasteiger partial charge in [-0.3, -0.25) is 9.59 Å². The molecule has 1 N–H and O–H groups in total. The second-order valence-corrected chi connectivity index (χ2v) is 5.79. The Hall–Kier alpha value is -2.93. The third-order valence-corrected chi connectivity index (χ3v) is 3.97. The highest BCUT2D eigenvalue weighted by Gasteiger charge is 2.20. The largest absolute Gasteiger partial charge is 0.326 e. The van der Waals surface area contributed by atoms with Gasteiger partial charge in [-0.05, 0) is 42.7 Å². The number of anilines is 1. The number of benzene rings is 2. The van der Waals surface area contributed by atoms with Crippen LogP contribution in [-0.2, 0) is 9.59 Å². The fourth-order valence-corrected chi connectivity index (χ4v) is 2.40. The van der Waals surface area contributed by atoms with E-state index in [2.05, 4.69) is 5.32 Å². The first-order valence-corrected chi connectivity index (χ1v) is 7.85. The highest BCUT2D eigenvalue weighted by Crippen LogP contribution is 2.19. The van der Waals surface area contributed by atoms with Crippen molar-refractivity contribution in [2.75, 3.05) is 5.32 Å². The fraction of sp³-hybridized carbons (Fsp3) is 0.250. The minimum absolute atomic E-state index is 0.0454. The molecule has 2 rings (SSSR count). The summed E-state index contributed by atoms with van der Waals surface area (Å²) in [6.45, 7) is 3.98. The smallest absolute Gasteiger partial charge is 0.224 e. The maximum absolute atomic E-state index is 12.2. The molecule has 0 radical (unpaired) electrons. The van der Waals surface area contributed by atoms with Gasteiger partial charge < -0.3 is 5.32 Å². The van der Waals surface area contributed by atoms with E-state index in [4.69, 9.17) is 0 Å². The Morgan fingerprint density at radius 3 is 2.38 bits per heavy atom. The van der Waals surface area contributed by atoms with Crippen molar-refractivity contribution >= 4 is 17.4 Å². The first-order valence-electron chi connectivity index (χ1n) is 7.85. The Labute approximate surface area is 142 Å². The summed E-state index contributed by atoms with van der Waals surface area (Å²) in [6.07, 6.45) is 0.112. The maximum atomic E-state index is 12.2. The minimum Gasteiger partial charge on any atom is -0.326 e. The zero-order chi connectivity index (χ0) is 17.5. The lowest BCUT2D eigenvalue weighted by Gasteiger charge is -2.10. The molecule has 24 heavy (non-hydrogen) atoms. The summed E-state index contributed by atoms with van der Waals surface area (Å²) >= 11 is 0. The van der Waals surface area contributed by atoms with E-state index in [1.807, 2.05) is 44.2 Å². The van der Waals surface area contributed by atoms with Crippen LogP contribution in [0.3, 0.4) is 0 Å². The third-order valence-electron chi connectivity index (χ3n) is 3.97. The van der Waals surface area contributed by atoms with Gasteiger partial charge in [0.2, 0.25) is 5.91 Å². The number of nitriles is 1. The second kappa shape index (κ2) is 8.07. The van der Waals surface area contributed by atoms with Crippen LogP contribution in [0.2, 0.25) is 0 Å². The van der Waals surface area contributed by atoms with Crippen molar-refractivity contribution in [2.24, 2.45) is 0 Å². The van der Waals surface area contributed by atoms with Crippen LogP contribution < -0.4 is 5.32 Å². The number of aryl methyl sites for hydroxylation is 2. The van der Waals surface area contributed by atoms with Crippen molar-refractivity contribution in [1.29, 1.82) is 5.26 Å². The number of hydrogen-bond acceptors (Lipinski definition) is 3. The summed E-state index contributed by atoms with van der Waals surface area (Å²) < 4.78 is 0. The predicted octanol–water partition coefficient (Wildman–Crippen LogP) is 3.90. The molecular weight excluding hydrogens is 300 g/mol. The molecule has 4 heteroatoms. The van der Waals surface area contributed by atoms with E-state index in [0.717, 1.165) is 16.8 Å². The van der Waals surface area contributed by atoms with E-state index in [-0.39, 0.29) is 24.5 Å². The van der Waals surface area contributed by atoms with E-state index < -0.39 is 5.92 Å². The molecule has 0 aromatic heterocycles. The van der Waals surface area contributed by atoms with E-state index in [0.29, 0.717) is 5.56 Å². The van der Waals surface area contributed by atoms with Gasteiger partial charge in [0.1, 0.15) is 5.92 Å². The number of Topliss-reactive ketones (excluding diaryl/α,β-unsaturated/α-hetero) is 1. The molecule has 2 aromatic rings. The summed E-state index contributed by atoms with van der Waals surface area (Å²) in [7, 11) is 0. The predicted molar refractivity (Wildman–Crippen MR) is 93.6 cm³/mol. The zero-order valence-electron chi connectivity index (χ0n) is 13.9. The lowest BCUT2D eigenvalue weighted by molar-refractivity contribution is -0.123. The van der Waals surface area contributed by atoms with Crippen LogP contribution in [0.1, 0.15) is 35.4 Å². The van der Waals surface area contributed by atoms with Crippen molar-refractivity contribution in [2.45, 2.75) is 32.6 Å². The normalized spacial score (nSPS) is 11.4. The molecule has 0 aliphatic rings. The zero-order valence-corrected chi connectivity index (χ0v) is 13.9. The molecule has 2 aromatic carbocycles. The molecule has 0 fully saturated rings. The number of nitrogens with one attached hydrogen (secondary N) is 1. The Kier molecular flexibility index (Phi) is 5.86. The Morgan fingerprint density at radius 1 is 1.04 bits per heavy atom. The number of carbonyl (C=O) groups excluding carboxylic acids is 2. The van der Waals surface area contributed by atoms with Crippen molar-refractivity contribution in [3.05, 3.63) is 65.2 Å². The van der Waals surface area contributed by atoms with Gasteiger partial charge in [0, 0.05) is 18.5 Å². The van der Waals surface area contributed by atoms with Crippen LogP contribution >= 0.6 is 0 Å². The van der Waals surface area contributed by atoms with Crippen LogP contribution in [0.5, 0.6) is 0 Å². The molecule has 0 bridgehead atoms. The van der Waals surface area contributed by atoms with Gasteiger partial charge in [-0.25, -0.2) is 0 Å². The Balaban J connectivity index is 1.92. The molecule has 122 valence electrons. The van der Waals surface area contributed by atoms with Gasteiger partial charge in [-0.2, -0.15) is 5.26 Å². The molecule has 0 aliphatic carbocycles. The third kappa shape index (κ3) is 4.53. The standard InChI is InChI=1S/C20H20N2O2/c1-14-8-9-17(12-15(14)2)22-20(24)11-10-19(23)18(13-21)16-6-4-3-5-7-16/h3-9,12,18H,10-11H2,1-2H3,(H,22,24)/t18-/m0/s1. The van der Waals surface area contributed by atoms with Gasteiger partial charge >= 0.3 is 0 Å². The number of nitrogens with zero attached hydrogens (tertiary/aromatic N) is 1. The first kappa shape index (κ1) is 17.4. The molecule has 0 aliphatic heterocycles. The summed E-state index contributed by atoms with van der Waals surface area (Å²) in [5.74, 6) is -1.28. The molecule has 0 heterocycles. The van der Waals surface area contributed by atoms with Crippen molar-refractivity contribution in [3.8, 4) is 6.07 Å². The Bertz CT molecular complexity index is 776. The number of rotatable bonds is 6. The molecule has 0 saturated heterocycles. The molecule has 0 unspecified atom stereocenters. The lowest BCUT2D eigenvalue weighted by atomic mass is 9.93. The molecule has 4 nitrogen and oxygen atoms in total. The summed E-state index contributed by atoms with van der Waals surface area (Å²) in [4.78, 5) is 24.2. The molecule has 1 amide bonds. The van der Waals surface area contributed by atoms with E-state index in [9.17, 15) is 14.9 Å². The first-order chi connectivity index (χ1) is 11.5. The van der Waals surface area contributed by atoms with Crippen molar-refractivity contribution < 1.29 is 9.59 Å². The fourth-order valence-electron chi connectivity index (χ4n) is 2.40. The van der Waals surface area contributed by atoms with Crippen LogP contribution in [0, 0.1) is 25.2 Å². The van der Waals surface area contributed by atoms with Crippen LogP contribution in [0.15, 0.2) is 48.5 Å². The average Bonchev–Trinajstić information content (AvgIpc) is 2.58. The monoisotopic (exact) mass is 320 g/mol. The summed E-state index contributed by atoms with van der Waals surface area (Å²) in [6, 6.07) is 16.6. The molecule has 0 spiro atoms. The molecule has 1 atom stereocenters. The molecular formula is C20H20N2O2. The summed E-state index contributed by atoms with van der Waals surface area (Å²) in [5, 5.41) is 12.0. The number of ketones is 1. The van der Waals surface area contributed by atoms with E-state index in [1.54, 1.807) is 24.3 Å². The minimum atomic E-state index is -0.819. The van der Waals surface area contributed by atoms with Gasteiger partial charge in [0.25, 0.3) is 0 Å². The average molecular weight is 320 g/mol. The lowest BCUT2D eigenvalue weighted by Crippen LogP contribution is -2.16. The van der Waals surface area contributed by atoms with Crippen LogP contribution in [0.4, 0.5) is 5.69 Å². The number of carbonyl (C=O) groups is 2. The number of amides is 1. The van der Waals surface area contributed by atoms with Gasteiger partial charge in [-0.15, -0.1) is 0 Å². The van der Waals surface area contributed by atoms with Gasteiger partial charge in [0.15, 0.2) is 5.78 Å². The van der Waals surface area contributed by atoms with E-state index >= 15 is 0 Å². The SMILES string of the molecule is Cc1ccc(NC(=O)CCC(=O)[C@@H](C#N)c2ccccc2)cc1C. The molecule has 0 saturated carbocycles. The highest BCUT2D eigenvalue weighted by atomic mass is 16.2. The second-order valence-electron chi connectivity index (χ2n) is 5.79. The van der Waals surface area contributed by atoms with Crippen LogP contribution in [-0.4, -0.2) is 11.7 Å². The van der Waals surface area contributed by atoms with Gasteiger partial charge in [0.05, 0.1) is 6.07 Å². The highest BCUT2D eigenvalue weighted by molar-refractivity contribution is 5.96. The van der Waals surface area contributed by atoms with Crippen molar-refractivity contribution in [3.63, 3.8) is 0 Å². The topological polar surface area (TPSA) is 70.0 Å².